The number of aryl methyl sites for hydroxylation is 1. The van der Waals surface area contributed by atoms with E-state index in [0.29, 0.717) is 41.6 Å². The van der Waals surface area contributed by atoms with Crippen molar-refractivity contribution in [3.05, 3.63) is 59.4 Å². The smallest absolute Gasteiger partial charge is 0.255 e. The predicted octanol–water partition coefficient (Wildman–Crippen LogP) is 2.60. The van der Waals surface area contributed by atoms with Gasteiger partial charge in [0.2, 0.25) is 5.88 Å². The predicted molar refractivity (Wildman–Crippen MR) is 116 cm³/mol. The number of hydrogen-bond donors (Lipinski definition) is 1. The molecule has 0 bridgehead atoms. The first-order valence-corrected chi connectivity index (χ1v) is 10.1. The third-order valence-electron chi connectivity index (χ3n) is 5.85. The van der Waals surface area contributed by atoms with Crippen LogP contribution in [0.5, 0.6) is 5.88 Å². The number of piperazine rings is 1. The van der Waals surface area contributed by atoms with E-state index in [2.05, 4.69) is 35.0 Å². The maximum atomic E-state index is 12.8. The fourth-order valence-corrected chi connectivity index (χ4v) is 3.79. The van der Waals surface area contributed by atoms with Crippen LogP contribution in [0.4, 0.5) is 0 Å². The highest BCUT2D eigenvalue weighted by Crippen LogP contribution is 2.33. The SMILES string of the molecule is Cc1cc(C#N)ccc1-c1cnn(-c2ccc(C(=O)N3CCN(C)[C@H](C)C3)cn2)c1O. The van der Waals surface area contributed by atoms with Gasteiger partial charge in [-0.05, 0) is 56.3 Å². The summed E-state index contributed by atoms with van der Waals surface area (Å²) >= 11 is 0. The molecule has 4 rings (SSSR count). The highest BCUT2D eigenvalue weighted by atomic mass is 16.3. The summed E-state index contributed by atoms with van der Waals surface area (Å²) in [6, 6.07) is 11.1. The van der Waals surface area contributed by atoms with Crippen molar-refractivity contribution in [3.8, 4) is 28.9 Å². The largest absolute Gasteiger partial charge is 0.493 e. The Bertz CT molecular complexity index is 1160. The van der Waals surface area contributed by atoms with Gasteiger partial charge in [0.1, 0.15) is 0 Å². The molecule has 31 heavy (non-hydrogen) atoms. The number of aromatic nitrogens is 3. The summed E-state index contributed by atoms with van der Waals surface area (Å²) < 4.78 is 1.33. The molecular formula is C23H24N6O2. The summed E-state index contributed by atoms with van der Waals surface area (Å²) in [4.78, 5) is 21.3. The number of carbonyl (C=O) groups excluding carboxylic acids is 1. The van der Waals surface area contributed by atoms with Gasteiger partial charge in [0.05, 0.1) is 29.0 Å². The fourth-order valence-electron chi connectivity index (χ4n) is 3.79. The average Bonchev–Trinajstić information content (AvgIpc) is 3.16. The monoisotopic (exact) mass is 416 g/mol. The Balaban J connectivity index is 1.56. The number of nitrogens with zero attached hydrogens (tertiary/aromatic N) is 6. The second-order valence-corrected chi connectivity index (χ2v) is 7.92. The van der Waals surface area contributed by atoms with Crippen LogP contribution in [0.2, 0.25) is 0 Å². The fraction of sp³-hybridized carbons (Fsp3) is 0.304. The van der Waals surface area contributed by atoms with Crippen molar-refractivity contribution in [2.45, 2.75) is 19.9 Å². The van der Waals surface area contributed by atoms with Gasteiger partial charge in [-0.15, -0.1) is 0 Å². The Morgan fingerprint density at radius 3 is 2.65 bits per heavy atom. The van der Waals surface area contributed by atoms with Crippen molar-refractivity contribution in [3.63, 3.8) is 0 Å². The Kier molecular flexibility index (Phi) is 5.44. The zero-order valence-electron chi connectivity index (χ0n) is 17.8. The maximum absolute atomic E-state index is 12.8. The van der Waals surface area contributed by atoms with E-state index in [1.54, 1.807) is 36.5 Å². The molecule has 0 radical (unpaired) electrons. The summed E-state index contributed by atoms with van der Waals surface area (Å²) in [5.74, 6) is 0.322. The first-order valence-electron chi connectivity index (χ1n) is 10.1. The molecule has 1 aliphatic heterocycles. The molecular weight excluding hydrogens is 392 g/mol. The molecule has 1 aromatic carbocycles. The lowest BCUT2D eigenvalue weighted by Crippen LogP contribution is -2.52. The molecule has 0 spiro atoms. The van der Waals surface area contributed by atoms with Gasteiger partial charge >= 0.3 is 0 Å². The molecule has 158 valence electrons. The molecule has 1 aliphatic rings. The summed E-state index contributed by atoms with van der Waals surface area (Å²) in [6.07, 6.45) is 3.09. The van der Waals surface area contributed by atoms with Crippen LogP contribution in [-0.2, 0) is 0 Å². The molecule has 0 aliphatic carbocycles. The van der Waals surface area contributed by atoms with Crippen molar-refractivity contribution in [2.24, 2.45) is 0 Å². The summed E-state index contributed by atoms with van der Waals surface area (Å²) in [7, 11) is 2.06. The van der Waals surface area contributed by atoms with Crippen LogP contribution in [0.15, 0.2) is 42.7 Å². The van der Waals surface area contributed by atoms with Crippen molar-refractivity contribution in [1.29, 1.82) is 5.26 Å². The van der Waals surface area contributed by atoms with E-state index in [1.165, 1.54) is 10.9 Å². The molecule has 3 heterocycles. The molecule has 1 fully saturated rings. The van der Waals surface area contributed by atoms with Crippen molar-refractivity contribution in [2.75, 3.05) is 26.7 Å². The minimum Gasteiger partial charge on any atom is -0.493 e. The van der Waals surface area contributed by atoms with Crippen LogP contribution in [0.25, 0.3) is 16.9 Å². The normalized spacial score (nSPS) is 16.8. The molecule has 0 unspecified atom stereocenters. The van der Waals surface area contributed by atoms with Crippen LogP contribution >= 0.6 is 0 Å². The Hall–Kier alpha value is -3.70. The van der Waals surface area contributed by atoms with E-state index >= 15 is 0 Å². The Labute approximate surface area is 181 Å². The number of hydrogen-bond acceptors (Lipinski definition) is 6. The lowest BCUT2D eigenvalue weighted by atomic mass is 10.0. The Morgan fingerprint density at radius 1 is 1.19 bits per heavy atom. The molecule has 2 aromatic heterocycles. The number of aromatic hydroxyl groups is 1. The van der Waals surface area contributed by atoms with Crippen LogP contribution in [0.3, 0.4) is 0 Å². The summed E-state index contributed by atoms with van der Waals surface area (Å²) in [5.41, 5.74) is 3.28. The number of pyridine rings is 1. The topological polar surface area (TPSA) is 98.3 Å². The van der Waals surface area contributed by atoms with Crippen molar-refractivity contribution in [1.82, 2.24) is 24.6 Å². The van der Waals surface area contributed by atoms with Gasteiger partial charge < -0.3 is 14.9 Å². The van der Waals surface area contributed by atoms with Gasteiger partial charge in [0.15, 0.2) is 5.82 Å². The van der Waals surface area contributed by atoms with Gasteiger partial charge in [-0.3, -0.25) is 4.79 Å². The lowest BCUT2D eigenvalue weighted by molar-refractivity contribution is 0.0572. The highest BCUT2D eigenvalue weighted by Gasteiger charge is 2.25. The van der Waals surface area contributed by atoms with Gasteiger partial charge in [0, 0.05) is 31.9 Å². The summed E-state index contributed by atoms with van der Waals surface area (Å²) in [5, 5.41) is 24.1. The highest BCUT2D eigenvalue weighted by molar-refractivity contribution is 5.94. The molecule has 1 amide bonds. The van der Waals surface area contributed by atoms with E-state index in [0.717, 1.165) is 17.7 Å². The third-order valence-corrected chi connectivity index (χ3v) is 5.85. The molecule has 1 saturated heterocycles. The number of likely N-dealkylation sites (N-methyl/N-ethyl adjacent to an activating group) is 1. The van der Waals surface area contributed by atoms with Crippen LogP contribution < -0.4 is 0 Å². The molecule has 1 N–H and O–H groups in total. The van der Waals surface area contributed by atoms with E-state index in [1.807, 2.05) is 11.8 Å². The standard InChI is InChI=1S/C23H24N6O2/c1-15-10-17(11-24)4-6-19(15)20-13-26-29(23(20)31)21-7-5-18(12-25-21)22(30)28-9-8-27(3)16(2)14-28/h4-7,10,12-13,16,31H,8-9,14H2,1-3H3/t16-/m1/s1. The van der Waals surface area contributed by atoms with Gasteiger partial charge in [-0.25, -0.2) is 4.98 Å². The second-order valence-electron chi connectivity index (χ2n) is 7.92. The zero-order chi connectivity index (χ0) is 22.1. The van der Waals surface area contributed by atoms with E-state index in [4.69, 9.17) is 5.26 Å². The minimum absolute atomic E-state index is 0.0439. The maximum Gasteiger partial charge on any atom is 0.255 e. The first-order chi connectivity index (χ1) is 14.9. The molecule has 1 atom stereocenters. The molecule has 8 nitrogen and oxygen atoms in total. The van der Waals surface area contributed by atoms with Crippen LogP contribution in [0, 0.1) is 18.3 Å². The summed E-state index contributed by atoms with van der Waals surface area (Å²) in [6.45, 7) is 6.20. The number of nitriles is 1. The van der Waals surface area contributed by atoms with E-state index in [-0.39, 0.29) is 11.8 Å². The van der Waals surface area contributed by atoms with Crippen molar-refractivity contribution >= 4 is 5.91 Å². The average molecular weight is 416 g/mol. The quantitative estimate of drug-likeness (QED) is 0.705. The van der Waals surface area contributed by atoms with Gasteiger partial charge in [-0.2, -0.15) is 15.0 Å². The minimum atomic E-state index is -0.0488. The third kappa shape index (κ3) is 3.88. The number of rotatable bonds is 3. The molecule has 8 heteroatoms. The van der Waals surface area contributed by atoms with Gasteiger partial charge in [-0.1, -0.05) is 6.07 Å². The Morgan fingerprint density at radius 2 is 2.00 bits per heavy atom. The number of benzene rings is 1. The first kappa shape index (κ1) is 20.6. The van der Waals surface area contributed by atoms with Crippen LogP contribution in [0.1, 0.15) is 28.4 Å². The number of carbonyl (C=O) groups is 1. The van der Waals surface area contributed by atoms with Crippen molar-refractivity contribution < 1.29 is 9.90 Å². The van der Waals surface area contributed by atoms with Gasteiger partial charge in [0.25, 0.3) is 5.91 Å². The number of amides is 1. The lowest BCUT2D eigenvalue weighted by Gasteiger charge is -2.37. The van der Waals surface area contributed by atoms with Crippen LogP contribution in [-0.4, -0.2) is 68.3 Å². The molecule has 0 saturated carbocycles. The second kappa shape index (κ2) is 8.20. The zero-order valence-corrected chi connectivity index (χ0v) is 17.8. The molecule has 3 aromatic rings. The van der Waals surface area contributed by atoms with E-state index in [9.17, 15) is 9.90 Å². The van der Waals surface area contributed by atoms with E-state index < -0.39 is 0 Å².